The van der Waals surface area contributed by atoms with E-state index in [9.17, 15) is 0 Å². The molecule has 0 aliphatic heterocycles. The number of hydrogen-bond donors (Lipinski definition) is 0. The van der Waals surface area contributed by atoms with Crippen molar-refractivity contribution in [3.05, 3.63) is 77.9 Å². The van der Waals surface area contributed by atoms with E-state index >= 15 is 0 Å². The van der Waals surface area contributed by atoms with E-state index in [1.165, 1.54) is 38.7 Å². The highest BCUT2D eigenvalue weighted by Gasteiger charge is 2.16. The Hall–Kier alpha value is -3.07. The molecule has 3 nitrogen and oxygen atoms in total. The predicted octanol–water partition coefficient (Wildman–Crippen LogP) is 4.71. The summed E-state index contributed by atoms with van der Waals surface area (Å²) >= 11 is 0. The van der Waals surface area contributed by atoms with Gasteiger partial charge < -0.3 is 0 Å². The standard InChI is InChI=1S/C23H22N3/c1-15-9-16(2)17(3)21(10-15)23-12-20-11-18(22-7-8-24-14-25-22)5-6-19(20)13-26(23)4/h5-14H,1-4H3/q+1. The quantitative estimate of drug-likeness (QED) is 0.495. The highest BCUT2D eigenvalue weighted by molar-refractivity contribution is 5.88. The molecule has 4 rings (SSSR count). The van der Waals surface area contributed by atoms with Crippen LogP contribution >= 0.6 is 0 Å². The molecular formula is C23H22N3+. The van der Waals surface area contributed by atoms with E-state index in [2.05, 4.69) is 84.9 Å². The van der Waals surface area contributed by atoms with E-state index in [1.54, 1.807) is 12.5 Å². The van der Waals surface area contributed by atoms with Crippen LogP contribution in [-0.4, -0.2) is 9.97 Å². The average molecular weight is 340 g/mol. The highest BCUT2D eigenvalue weighted by Crippen LogP contribution is 2.28. The van der Waals surface area contributed by atoms with Crippen LogP contribution in [0.4, 0.5) is 0 Å². The van der Waals surface area contributed by atoms with Gasteiger partial charge in [0.1, 0.15) is 13.4 Å². The average Bonchev–Trinajstić information content (AvgIpc) is 2.64. The zero-order chi connectivity index (χ0) is 18.3. The van der Waals surface area contributed by atoms with Gasteiger partial charge in [0.2, 0.25) is 5.69 Å². The van der Waals surface area contributed by atoms with Gasteiger partial charge in [-0.25, -0.2) is 14.5 Å². The number of fused-ring (bicyclic) bond motifs is 1. The maximum Gasteiger partial charge on any atom is 0.213 e. The molecule has 26 heavy (non-hydrogen) atoms. The minimum atomic E-state index is 0.944. The van der Waals surface area contributed by atoms with Gasteiger partial charge in [-0.2, -0.15) is 0 Å². The molecule has 0 saturated heterocycles. The molecule has 0 bridgehead atoms. The fraction of sp³-hybridized carbons (Fsp3) is 0.174. The third-order valence-corrected chi connectivity index (χ3v) is 5.06. The van der Waals surface area contributed by atoms with Crippen molar-refractivity contribution in [3.63, 3.8) is 0 Å². The van der Waals surface area contributed by atoms with Crippen LogP contribution in [0.5, 0.6) is 0 Å². The Morgan fingerprint density at radius 2 is 1.73 bits per heavy atom. The molecule has 3 heteroatoms. The zero-order valence-corrected chi connectivity index (χ0v) is 15.6. The maximum atomic E-state index is 4.37. The lowest BCUT2D eigenvalue weighted by atomic mass is 9.96. The summed E-state index contributed by atoms with van der Waals surface area (Å²) in [5.41, 5.74) is 8.52. The second-order valence-electron chi connectivity index (χ2n) is 6.96. The number of aromatic nitrogens is 3. The summed E-state index contributed by atoms with van der Waals surface area (Å²) < 4.78 is 2.22. The van der Waals surface area contributed by atoms with Gasteiger partial charge in [-0.1, -0.05) is 17.7 Å². The summed E-state index contributed by atoms with van der Waals surface area (Å²) in [5.74, 6) is 0. The normalized spacial score (nSPS) is 11.1. The second-order valence-corrected chi connectivity index (χ2v) is 6.96. The monoisotopic (exact) mass is 340 g/mol. The summed E-state index contributed by atoms with van der Waals surface area (Å²) in [6, 6.07) is 15.2. The van der Waals surface area contributed by atoms with Crippen molar-refractivity contribution in [1.29, 1.82) is 0 Å². The Morgan fingerprint density at radius 3 is 2.50 bits per heavy atom. The first-order valence-electron chi connectivity index (χ1n) is 8.81. The van der Waals surface area contributed by atoms with Gasteiger partial charge in [-0.05, 0) is 61.5 Å². The molecule has 128 valence electrons. The number of nitrogens with zero attached hydrogens (tertiary/aromatic N) is 3. The first-order chi connectivity index (χ1) is 12.5. The number of hydrogen-bond acceptors (Lipinski definition) is 2. The van der Waals surface area contributed by atoms with Crippen molar-refractivity contribution in [2.24, 2.45) is 7.05 Å². The molecule has 0 spiro atoms. The van der Waals surface area contributed by atoms with Crippen molar-refractivity contribution in [3.8, 4) is 22.5 Å². The van der Waals surface area contributed by atoms with Crippen LogP contribution in [0.25, 0.3) is 33.3 Å². The van der Waals surface area contributed by atoms with Gasteiger partial charge in [-0.3, -0.25) is 0 Å². The lowest BCUT2D eigenvalue weighted by Gasteiger charge is -2.10. The lowest BCUT2D eigenvalue weighted by molar-refractivity contribution is -0.659. The highest BCUT2D eigenvalue weighted by atomic mass is 14.9. The van der Waals surface area contributed by atoms with Crippen LogP contribution in [0.15, 0.2) is 61.2 Å². The van der Waals surface area contributed by atoms with Gasteiger partial charge in [-0.15, -0.1) is 0 Å². The molecule has 2 aromatic heterocycles. The lowest BCUT2D eigenvalue weighted by Crippen LogP contribution is -2.30. The van der Waals surface area contributed by atoms with Gasteiger partial charge in [0, 0.05) is 28.8 Å². The van der Waals surface area contributed by atoms with Crippen molar-refractivity contribution in [2.45, 2.75) is 20.8 Å². The van der Waals surface area contributed by atoms with E-state index in [4.69, 9.17) is 0 Å². The predicted molar refractivity (Wildman–Crippen MR) is 106 cm³/mol. The maximum absolute atomic E-state index is 4.37. The topological polar surface area (TPSA) is 29.7 Å². The Labute approximate surface area is 154 Å². The van der Waals surface area contributed by atoms with Crippen molar-refractivity contribution in [1.82, 2.24) is 9.97 Å². The SMILES string of the molecule is Cc1cc(C)c(C)c(-c2cc3cc(-c4ccncn4)ccc3c[n+]2C)c1. The minimum Gasteiger partial charge on any atom is -0.245 e. The summed E-state index contributed by atoms with van der Waals surface area (Å²) in [6.45, 7) is 6.54. The summed E-state index contributed by atoms with van der Waals surface area (Å²) in [5, 5.41) is 2.43. The molecular weight excluding hydrogens is 318 g/mol. The summed E-state index contributed by atoms with van der Waals surface area (Å²) in [4.78, 5) is 8.39. The van der Waals surface area contributed by atoms with Crippen molar-refractivity contribution < 1.29 is 4.57 Å². The molecule has 0 radical (unpaired) electrons. The van der Waals surface area contributed by atoms with E-state index in [0.717, 1.165) is 11.3 Å². The summed E-state index contributed by atoms with van der Waals surface area (Å²) in [6.07, 6.45) is 5.57. The van der Waals surface area contributed by atoms with Crippen LogP contribution in [-0.2, 0) is 7.05 Å². The Bertz CT molecular complexity index is 1120. The Morgan fingerprint density at radius 1 is 0.885 bits per heavy atom. The van der Waals surface area contributed by atoms with E-state index < -0.39 is 0 Å². The molecule has 2 aromatic carbocycles. The molecule has 0 aliphatic carbocycles. The molecule has 0 saturated carbocycles. The molecule has 0 unspecified atom stereocenters. The van der Waals surface area contributed by atoms with Crippen LogP contribution in [0.2, 0.25) is 0 Å². The molecule has 0 amide bonds. The molecule has 4 aromatic rings. The van der Waals surface area contributed by atoms with E-state index in [-0.39, 0.29) is 0 Å². The molecule has 0 fully saturated rings. The number of benzene rings is 2. The fourth-order valence-electron chi connectivity index (χ4n) is 3.54. The van der Waals surface area contributed by atoms with Gasteiger partial charge in [0.15, 0.2) is 6.20 Å². The fourth-order valence-corrected chi connectivity index (χ4v) is 3.54. The van der Waals surface area contributed by atoms with Crippen molar-refractivity contribution in [2.75, 3.05) is 0 Å². The van der Waals surface area contributed by atoms with Gasteiger partial charge >= 0.3 is 0 Å². The van der Waals surface area contributed by atoms with Crippen LogP contribution < -0.4 is 4.57 Å². The van der Waals surface area contributed by atoms with Crippen molar-refractivity contribution >= 4 is 10.8 Å². The smallest absolute Gasteiger partial charge is 0.213 e. The van der Waals surface area contributed by atoms with Crippen LogP contribution in [0, 0.1) is 20.8 Å². The molecule has 0 atom stereocenters. The Kier molecular flexibility index (Phi) is 4.00. The Balaban J connectivity index is 1.93. The van der Waals surface area contributed by atoms with E-state index in [0.29, 0.717) is 0 Å². The van der Waals surface area contributed by atoms with Gasteiger partial charge in [0.05, 0.1) is 5.69 Å². The number of aryl methyl sites for hydroxylation is 3. The minimum absolute atomic E-state index is 0.944. The summed E-state index contributed by atoms with van der Waals surface area (Å²) in [7, 11) is 2.12. The number of rotatable bonds is 2. The third kappa shape index (κ3) is 2.86. The largest absolute Gasteiger partial charge is 0.245 e. The molecule has 2 heterocycles. The second kappa shape index (κ2) is 6.34. The van der Waals surface area contributed by atoms with Gasteiger partial charge in [0.25, 0.3) is 0 Å². The number of pyridine rings is 1. The molecule has 0 N–H and O–H groups in total. The van der Waals surface area contributed by atoms with Crippen LogP contribution in [0.3, 0.4) is 0 Å². The molecule has 0 aliphatic rings. The zero-order valence-electron chi connectivity index (χ0n) is 15.6. The third-order valence-electron chi connectivity index (χ3n) is 5.06. The van der Waals surface area contributed by atoms with E-state index in [1.807, 2.05) is 6.07 Å². The first kappa shape index (κ1) is 16.4. The first-order valence-corrected chi connectivity index (χ1v) is 8.81. The van der Waals surface area contributed by atoms with Crippen LogP contribution in [0.1, 0.15) is 16.7 Å².